The standard InChI is InChI=1S/C42H56O16/c1-19(2)26(45)25-27-36(7,28(54-32(25)47)22-14-15-52-17-22)29(55-31(46)20(3)4)30(49-11)42-37(8)23(16-24(44)48-10)35(6)18-39(37)41(51-13,33(35)53-21(5)43)34(50-12)40(27,42)57-38(9,56-39)58-42/h14-15,17,19-20,23,27-30,33-34,45H,16,18H2,1-13H3/b26-25+. The van der Waals surface area contributed by atoms with Crippen LogP contribution >= 0.6 is 0 Å². The first-order chi connectivity index (χ1) is 27.1. The lowest BCUT2D eigenvalue weighted by Gasteiger charge is -2.79. The van der Waals surface area contributed by atoms with E-state index in [1.807, 2.05) is 13.8 Å². The molecule has 7 aliphatic rings. The molecule has 3 saturated heterocycles. The average Bonchev–Trinajstić information content (AvgIpc) is 3.85. The molecule has 3 aliphatic heterocycles. The van der Waals surface area contributed by atoms with Gasteiger partial charge in [0.15, 0.2) is 5.60 Å². The molecule has 4 aliphatic carbocycles. The minimum absolute atomic E-state index is 0.151. The first-order valence-corrected chi connectivity index (χ1v) is 19.9. The molecule has 1 aromatic rings. The maximum Gasteiger partial charge on any atom is 0.338 e. The molecular formula is C42H56O16. The Kier molecular flexibility index (Phi) is 8.89. The van der Waals surface area contributed by atoms with Gasteiger partial charge in [0.05, 0.1) is 36.5 Å². The van der Waals surface area contributed by atoms with Crippen LogP contribution in [0.1, 0.15) is 86.8 Å². The summed E-state index contributed by atoms with van der Waals surface area (Å²) < 4.78 is 72.9. The summed E-state index contributed by atoms with van der Waals surface area (Å²) in [7, 11) is 5.70. The number of hydrogen-bond acceptors (Lipinski definition) is 16. The number of hydrogen-bond donors (Lipinski definition) is 1. The number of esters is 4. The number of carbonyl (C=O) groups is 4. The van der Waals surface area contributed by atoms with Crippen LogP contribution in [0.25, 0.3) is 0 Å². The second-order valence-electron chi connectivity index (χ2n) is 18.6. The largest absolute Gasteiger partial charge is 0.511 e. The van der Waals surface area contributed by atoms with Gasteiger partial charge in [-0.25, -0.2) is 4.79 Å². The van der Waals surface area contributed by atoms with Gasteiger partial charge < -0.3 is 56.9 Å². The highest BCUT2D eigenvalue weighted by Crippen LogP contribution is 2.90. The minimum atomic E-state index is -2.03. The summed E-state index contributed by atoms with van der Waals surface area (Å²) in [5.41, 5.74) is -11.1. The third-order valence-corrected chi connectivity index (χ3v) is 15.5. The summed E-state index contributed by atoms with van der Waals surface area (Å²) in [5, 5.41) is 12.3. The highest BCUT2D eigenvalue weighted by molar-refractivity contribution is 5.92. The summed E-state index contributed by atoms with van der Waals surface area (Å²) in [5.74, 6) is -8.35. The van der Waals surface area contributed by atoms with E-state index in [1.165, 1.54) is 47.9 Å². The molecule has 0 aromatic carbocycles. The van der Waals surface area contributed by atoms with Crippen molar-refractivity contribution in [2.45, 2.75) is 134 Å². The Morgan fingerprint density at radius 3 is 2.14 bits per heavy atom. The number of aliphatic hydroxyl groups excluding tert-OH is 1. The third-order valence-electron chi connectivity index (χ3n) is 15.5. The number of carbonyl (C=O) groups excluding carboxylic acids is 4. The van der Waals surface area contributed by atoms with Crippen molar-refractivity contribution in [3.63, 3.8) is 0 Å². The van der Waals surface area contributed by atoms with Crippen molar-refractivity contribution >= 4 is 23.9 Å². The molecule has 58 heavy (non-hydrogen) atoms. The van der Waals surface area contributed by atoms with Gasteiger partial charge in [0.2, 0.25) is 0 Å². The average molecular weight is 817 g/mol. The molecule has 320 valence electrons. The highest BCUT2D eigenvalue weighted by Gasteiger charge is 3.06. The van der Waals surface area contributed by atoms with E-state index in [0.29, 0.717) is 5.56 Å². The molecule has 4 heterocycles. The monoisotopic (exact) mass is 816 g/mol. The van der Waals surface area contributed by atoms with Crippen molar-refractivity contribution in [2.24, 2.45) is 39.9 Å². The van der Waals surface area contributed by atoms with E-state index in [2.05, 4.69) is 0 Å². The summed E-state index contributed by atoms with van der Waals surface area (Å²) in [6.07, 6.45) is -3.54. The van der Waals surface area contributed by atoms with Crippen molar-refractivity contribution in [1.82, 2.24) is 0 Å². The Balaban J connectivity index is 1.60. The molecule has 7 fully saturated rings. The third kappa shape index (κ3) is 4.17. The molecule has 8 rings (SSSR count). The van der Waals surface area contributed by atoms with Gasteiger partial charge >= 0.3 is 23.9 Å². The van der Waals surface area contributed by atoms with Crippen LogP contribution in [0.5, 0.6) is 0 Å². The van der Waals surface area contributed by atoms with E-state index in [9.17, 15) is 24.3 Å². The highest BCUT2D eigenvalue weighted by atomic mass is 16.9. The van der Waals surface area contributed by atoms with Gasteiger partial charge in [-0.1, -0.05) is 48.5 Å². The molecule has 1 aromatic heterocycles. The van der Waals surface area contributed by atoms with Gasteiger partial charge in [-0.15, -0.1) is 0 Å². The minimum Gasteiger partial charge on any atom is -0.511 e. The molecular weight excluding hydrogens is 760 g/mol. The fourth-order valence-electron chi connectivity index (χ4n) is 14.0. The Morgan fingerprint density at radius 1 is 0.914 bits per heavy atom. The summed E-state index contributed by atoms with van der Waals surface area (Å²) in [4.78, 5) is 56.2. The number of aliphatic hydroxyl groups is 1. The topological polar surface area (TPSA) is 194 Å². The van der Waals surface area contributed by atoms with Crippen LogP contribution in [0.4, 0.5) is 0 Å². The van der Waals surface area contributed by atoms with Crippen LogP contribution in [0, 0.1) is 39.9 Å². The normalized spacial score (nSPS) is 48.7. The van der Waals surface area contributed by atoms with Gasteiger partial charge in [-0.3, -0.25) is 14.4 Å². The van der Waals surface area contributed by atoms with Crippen molar-refractivity contribution in [2.75, 3.05) is 28.4 Å². The Labute approximate surface area is 337 Å². The first-order valence-electron chi connectivity index (χ1n) is 19.9. The van der Waals surface area contributed by atoms with Gasteiger partial charge in [0.25, 0.3) is 5.97 Å². The first kappa shape index (κ1) is 41.2. The molecule has 1 N–H and O–H groups in total. The quantitative estimate of drug-likeness (QED) is 0.150. The molecule has 0 amide bonds. The van der Waals surface area contributed by atoms with E-state index < -0.39 is 123 Å². The Bertz CT molecular complexity index is 1960. The van der Waals surface area contributed by atoms with Crippen LogP contribution in [0.2, 0.25) is 0 Å². The second kappa shape index (κ2) is 12.5. The number of furan rings is 1. The maximum absolute atomic E-state index is 15.0. The number of cyclic esters (lactones) is 1. The zero-order valence-corrected chi connectivity index (χ0v) is 35.4. The molecule has 16 heteroatoms. The molecule has 15 atom stereocenters. The van der Waals surface area contributed by atoms with E-state index >= 15 is 0 Å². The molecule has 15 unspecified atom stereocenters. The smallest absolute Gasteiger partial charge is 0.338 e. The van der Waals surface area contributed by atoms with Crippen LogP contribution in [0.3, 0.4) is 0 Å². The maximum atomic E-state index is 15.0. The van der Waals surface area contributed by atoms with Gasteiger partial charge in [-0.2, -0.15) is 0 Å². The lowest BCUT2D eigenvalue weighted by Crippen LogP contribution is -2.97. The number of allylic oxidation sites excluding steroid dienone is 1. The molecule has 4 saturated carbocycles. The van der Waals surface area contributed by atoms with Gasteiger partial charge in [0.1, 0.15) is 53.1 Å². The van der Waals surface area contributed by atoms with E-state index in [-0.39, 0.29) is 24.2 Å². The van der Waals surface area contributed by atoms with Crippen molar-refractivity contribution in [3.05, 3.63) is 35.5 Å². The van der Waals surface area contributed by atoms with Crippen LogP contribution in [0.15, 0.2) is 34.3 Å². The lowest BCUT2D eigenvalue weighted by atomic mass is 9.32. The van der Waals surface area contributed by atoms with Crippen LogP contribution in [-0.2, 0) is 66.5 Å². The fraction of sp³-hybridized carbons (Fsp3) is 0.762. The predicted octanol–water partition coefficient (Wildman–Crippen LogP) is 4.49. The van der Waals surface area contributed by atoms with E-state index in [0.717, 1.165) is 0 Å². The molecule has 0 radical (unpaired) electrons. The predicted molar refractivity (Wildman–Crippen MR) is 196 cm³/mol. The van der Waals surface area contributed by atoms with E-state index in [4.69, 9.17) is 51.8 Å². The number of ether oxygens (including phenoxy) is 10. The number of methoxy groups -OCH3 is 4. The van der Waals surface area contributed by atoms with Gasteiger partial charge in [0, 0.05) is 69.8 Å². The second-order valence-corrected chi connectivity index (χ2v) is 18.6. The van der Waals surface area contributed by atoms with Crippen molar-refractivity contribution in [3.8, 4) is 0 Å². The Morgan fingerprint density at radius 2 is 1.60 bits per heavy atom. The summed E-state index contributed by atoms with van der Waals surface area (Å²) in [6, 6.07) is 1.65. The van der Waals surface area contributed by atoms with Crippen LogP contribution < -0.4 is 0 Å². The molecule has 16 nitrogen and oxygen atoms in total. The zero-order chi connectivity index (χ0) is 42.6. The Hall–Kier alpha value is -3.54. The van der Waals surface area contributed by atoms with Crippen molar-refractivity contribution < 1.29 is 76.1 Å². The number of rotatable bonds is 10. The molecule has 2 spiro atoms. The summed E-state index contributed by atoms with van der Waals surface area (Å²) >= 11 is 0. The van der Waals surface area contributed by atoms with Gasteiger partial charge in [-0.05, 0) is 18.4 Å². The van der Waals surface area contributed by atoms with Crippen LogP contribution in [-0.4, -0.2) is 110 Å². The SMILES string of the molecule is COC(=O)CC1C2(C)CC34OC5(C)OC6(C7/C(=C(\O)C(C)C)C(=O)OC(c8ccoc8)C7(C)C(OC(=O)C(C)C)C(OC)C6(O5)C13C)C(OC)C4(OC)C2OC(C)=O. The fourth-order valence-corrected chi connectivity index (χ4v) is 14.0. The zero-order valence-electron chi connectivity index (χ0n) is 35.4. The number of fused-ring (bicyclic) bond motifs is 3. The lowest BCUT2D eigenvalue weighted by molar-refractivity contribution is -0.494. The van der Waals surface area contributed by atoms with E-state index in [1.54, 1.807) is 47.6 Å². The molecule has 4 bridgehead atoms. The summed E-state index contributed by atoms with van der Waals surface area (Å²) in [6.45, 7) is 15.4. The van der Waals surface area contributed by atoms with Crippen molar-refractivity contribution in [1.29, 1.82) is 0 Å².